The van der Waals surface area contributed by atoms with Crippen LogP contribution in [-0.2, 0) is 0 Å². The molecule has 0 atom stereocenters. The number of halogens is 2. The maximum Gasteiger partial charge on any atom is 0.290 e. The van der Waals surface area contributed by atoms with Crippen LogP contribution in [0.1, 0.15) is 18.1 Å². The zero-order chi connectivity index (χ0) is 10.8. The standard InChI is InChI=1S/C10H11F2NO/c1-7-3-5-8(6-4-7)9(13-14)10(2,11)12/h3-6,14H,1-2H3/b13-9-. The number of nitrogens with zero attached hydrogens (tertiary/aromatic N) is 1. The molecule has 76 valence electrons. The molecule has 1 rings (SSSR count). The van der Waals surface area contributed by atoms with Crippen molar-refractivity contribution in [2.45, 2.75) is 19.8 Å². The molecule has 0 aromatic heterocycles. The highest BCUT2D eigenvalue weighted by Crippen LogP contribution is 2.20. The van der Waals surface area contributed by atoms with Crippen molar-refractivity contribution in [3.8, 4) is 0 Å². The van der Waals surface area contributed by atoms with E-state index in [0.717, 1.165) is 5.56 Å². The molecule has 0 spiro atoms. The molecule has 0 amide bonds. The third-order valence-corrected chi connectivity index (χ3v) is 1.84. The van der Waals surface area contributed by atoms with Crippen molar-refractivity contribution >= 4 is 5.71 Å². The summed E-state index contributed by atoms with van der Waals surface area (Å²) in [5.74, 6) is -3.13. The average molecular weight is 199 g/mol. The molecule has 2 nitrogen and oxygen atoms in total. The number of alkyl halides is 2. The third-order valence-electron chi connectivity index (χ3n) is 1.84. The fourth-order valence-electron chi connectivity index (χ4n) is 1.11. The van der Waals surface area contributed by atoms with E-state index in [4.69, 9.17) is 5.21 Å². The summed E-state index contributed by atoms with van der Waals surface area (Å²) in [5.41, 5.74) is 0.577. The van der Waals surface area contributed by atoms with Gasteiger partial charge < -0.3 is 5.21 Å². The summed E-state index contributed by atoms with van der Waals surface area (Å²) >= 11 is 0. The number of rotatable bonds is 2. The molecule has 4 heteroatoms. The van der Waals surface area contributed by atoms with Gasteiger partial charge in [-0.05, 0) is 6.92 Å². The molecule has 0 unspecified atom stereocenters. The van der Waals surface area contributed by atoms with Gasteiger partial charge in [0.2, 0.25) is 0 Å². The van der Waals surface area contributed by atoms with E-state index in [9.17, 15) is 8.78 Å². The molecular weight excluding hydrogens is 188 g/mol. The van der Waals surface area contributed by atoms with Crippen LogP contribution in [0.3, 0.4) is 0 Å². The van der Waals surface area contributed by atoms with E-state index in [1.807, 2.05) is 6.92 Å². The van der Waals surface area contributed by atoms with Gasteiger partial charge in [-0.1, -0.05) is 35.0 Å². The van der Waals surface area contributed by atoms with Gasteiger partial charge in [-0.25, -0.2) is 0 Å². The highest BCUT2D eigenvalue weighted by atomic mass is 19.3. The van der Waals surface area contributed by atoms with Crippen LogP contribution in [0, 0.1) is 6.92 Å². The summed E-state index contributed by atoms with van der Waals surface area (Å²) in [4.78, 5) is 0. The Morgan fingerprint density at radius 1 is 1.29 bits per heavy atom. The smallest absolute Gasteiger partial charge is 0.290 e. The monoisotopic (exact) mass is 199 g/mol. The minimum atomic E-state index is -3.13. The lowest BCUT2D eigenvalue weighted by Gasteiger charge is -2.12. The molecule has 1 N–H and O–H groups in total. The highest BCUT2D eigenvalue weighted by molar-refractivity contribution is 6.04. The molecule has 0 aliphatic rings. The lowest BCUT2D eigenvalue weighted by molar-refractivity contribution is 0.0964. The Labute approximate surface area is 80.9 Å². The van der Waals surface area contributed by atoms with Crippen molar-refractivity contribution in [2.75, 3.05) is 0 Å². The fraction of sp³-hybridized carbons (Fsp3) is 0.300. The number of aryl methyl sites for hydroxylation is 1. The molecule has 0 aliphatic carbocycles. The molecule has 0 heterocycles. The van der Waals surface area contributed by atoms with Gasteiger partial charge in [0.1, 0.15) is 0 Å². The second-order valence-corrected chi connectivity index (χ2v) is 3.20. The first kappa shape index (κ1) is 10.6. The van der Waals surface area contributed by atoms with Crippen LogP contribution in [0.25, 0.3) is 0 Å². The van der Waals surface area contributed by atoms with Gasteiger partial charge in [0.25, 0.3) is 5.92 Å². The Balaban J connectivity index is 3.10. The number of hydrogen-bond donors (Lipinski definition) is 1. The summed E-state index contributed by atoms with van der Waals surface area (Å²) in [5, 5.41) is 11.1. The summed E-state index contributed by atoms with van der Waals surface area (Å²) in [6.45, 7) is 2.55. The first-order valence-corrected chi connectivity index (χ1v) is 4.12. The Morgan fingerprint density at radius 3 is 2.14 bits per heavy atom. The normalized spacial score (nSPS) is 13.0. The highest BCUT2D eigenvalue weighted by Gasteiger charge is 2.31. The van der Waals surface area contributed by atoms with E-state index in [1.165, 1.54) is 12.1 Å². The van der Waals surface area contributed by atoms with Crippen LogP contribution < -0.4 is 0 Å². The van der Waals surface area contributed by atoms with E-state index in [1.54, 1.807) is 12.1 Å². The van der Waals surface area contributed by atoms with Crippen molar-refractivity contribution < 1.29 is 14.0 Å². The predicted molar refractivity (Wildman–Crippen MR) is 50.1 cm³/mol. The van der Waals surface area contributed by atoms with E-state index >= 15 is 0 Å². The Bertz CT molecular complexity index is 338. The lowest BCUT2D eigenvalue weighted by atomic mass is 10.0. The van der Waals surface area contributed by atoms with Crippen LogP contribution in [-0.4, -0.2) is 16.8 Å². The van der Waals surface area contributed by atoms with E-state index in [2.05, 4.69) is 5.16 Å². The topological polar surface area (TPSA) is 32.6 Å². The molecule has 14 heavy (non-hydrogen) atoms. The van der Waals surface area contributed by atoms with Gasteiger partial charge in [0.05, 0.1) is 0 Å². The van der Waals surface area contributed by atoms with Gasteiger partial charge in [-0.15, -0.1) is 0 Å². The molecule has 0 fully saturated rings. The van der Waals surface area contributed by atoms with Crippen LogP contribution in [0.15, 0.2) is 29.4 Å². The number of benzene rings is 1. The molecule has 0 bridgehead atoms. The minimum absolute atomic E-state index is 0.227. The summed E-state index contributed by atoms with van der Waals surface area (Å²) in [6, 6.07) is 6.38. The molecule has 0 radical (unpaired) electrons. The van der Waals surface area contributed by atoms with E-state index < -0.39 is 11.6 Å². The van der Waals surface area contributed by atoms with Crippen molar-refractivity contribution in [3.63, 3.8) is 0 Å². The van der Waals surface area contributed by atoms with Gasteiger partial charge >= 0.3 is 0 Å². The second kappa shape index (κ2) is 3.74. The molecular formula is C10H11F2NO. The SMILES string of the molecule is Cc1ccc(/C(=N/O)C(C)(F)F)cc1. The van der Waals surface area contributed by atoms with Crippen LogP contribution >= 0.6 is 0 Å². The van der Waals surface area contributed by atoms with Crippen molar-refractivity contribution in [2.24, 2.45) is 5.16 Å². The zero-order valence-corrected chi connectivity index (χ0v) is 7.96. The van der Waals surface area contributed by atoms with Gasteiger partial charge in [0.15, 0.2) is 5.71 Å². The molecule has 1 aromatic rings. The Morgan fingerprint density at radius 2 is 1.79 bits per heavy atom. The van der Waals surface area contributed by atoms with Crippen LogP contribution in [0.5, 0.6) is 0 Å². The predicted octanol–water partition coefficient (Wildman–Crippen LogP) is 2.83. The molecule has 1 aromatic carbocycles. The Kier molecular flexibility index (Phi) is 2.84. The molecule has 0 saturated heterocycles. The largest absolute Gasteiger partial charge is 0.410 e. The van der Waals surface area contributed by atoms with Gasteiger partial charge in [-0.2, -0.15) is 8.78 Å². The molecule has 0 aliphatic heterocycles. The summed E-state index contributed by atoms with van der Waals surface area (Å²) in [7, 11) is 0. The van der Waals surface area contributed by atoms with E-state index in [-0.39, 0.29) is 5.56 Å². The minimum Gasteiger partial charge on any atom is -0.410 e. The number of hydrogen-bond acceptors (Lipinski definition) is 2. The zero-order valence-electron chi connectivity index (χ0n) is 7.96. The van der Waals surface area contributed by atoms with Crippen LogP contribution in [0.4, 0.5) is 8.78 Å². The van der Waals surface area contributed by atoms with Crippen molar-refractivity contribution in [1.82, 2.24) is 0 Å². The third kappa shape index (κ3) is 2.28. The van der Waals surface area contributed by atoms with Crippen molar-refractivity contribution in [1.29, 1.82) is 0 Å². The number of oxime groups is 1. The van der Waals surface area contributed by atoms with E-state index in [0.29, 0.717) is 6.92 Å². The fourth-order valence-corrected chi connectivity index (χ4v) is 1.11. The van der Waals surface area contributed by atoms with Gasteiger partial charge in [-0.3, -0.25) is 0 Å². The molecule has 0 saturated carbocycles. The van der Waals surface area contributed by atoms with Crippen LogP contribution in [0.2, 0.25) is 0 Å². The maximum atomic E-state index is 12.9. The maximum absolute atomic E-state index is 12.9. The summed E-state index contributed by atoms with van der Waals surface area (Å²) < 4.78 is 25.8. The Hall–Kier alpha value is -1.45. The average Bonchev–Trinajstić information content (AvgIpc) is 2.07. The lowest BCUT2D eigenvalue weighted by Crippen LogP contribution is -2.25. The van der Waals surface area contributed by atoms with Gasteiger partial charge in [0, 0.05) is 12.5 Å². The first-order chi connectivity index (χ1) is 6.45. The quantitative estimate of drug-likeness (QED) is 0.443. The second-order valence-electron chi connectivity index (χ2n) is 3.20. The van der Waals surface area contributed by atoms with Crippen molar-refractivity contribution in [3.05, 3.63) is 35.4 Å². The first-order valence-electron chi connectivity index (χ1n) is 4.12. The summed E-state index contributed by atoms with van der Waals surface area (Å²) in [6.07, 6.45) is 0.